The van der Waals surface area contributed by atoms with E-state index in [9.17, 15) is 18.0 Å². The van der Waals surface area contributed by atoms with Crippen molar-refractivity contribution >= 4 is 33.1 Å². The molecule has 1 atom stereocenters. The van der Waals surface area contributed by atoms with Gasteiger partial charge >= 0.3 is 12.1 Å². The molecule has 46 heavy (non-hydrogen) atoms. The van der Waals surface area contributed by atoms with Gasteiger partial charge in [-0.25, -0.2) is 22.0 Å². The van der Waals surface area contributed by atoms with E-state index in [-0.39, 0.29) is 23.8 Å². The molecule has 2 heterocycles. The van der Waals surface area contributed by atoms with Gasteiger partial charge in [-0.3, -0.25) is 4.98 Å². The lowest BCUT2D eigenvalue weighted by Crippen LogP contribution is -2.46. The Hall–Kier alpha value is -4.96. The monoisotopic (exact) mass is 637 g/mol. The number of aryl methyl sites for hydroxylation is 1. The van der Waals surface area contributed by atoms with E-state index in [1.165, 1.54) is 6.20 Å². The second-order valence-electron chi connectivity index (χ2n) is 12.4. The molecule has 0 bridgehead atoms. The predicted octanol–water partition coefficient (Wildman–Crippen LogP) is 6.37. The number of aromatic nitrogens is 2. The summed E-state index contributed by atoms with van der Waals surface area (Å²) < 4.78 is 39.9. The molecule has 0 aliphatic heterocycles. The second-order valence-corrected chi connectivity index (χ2v) is 14.2. The first-order chi connectivity index (χ1) is 21.9. The van der Waals surface area contributed by atoms with Crippen molar-refractivity contribution in [1.82, 2.24) is 14.3 Å². The van der Waals surface area contributed by atoms with Crippen molar-refractivity contribution in [3.05, 3.63) is 120 Å². The van der Waals surface area contributed by atoms with Crippen LogP contribution in [0.3, 0.4) is 0 Å². The first-order valence-electron chi connectivity index (χ1n) is 15.0. The van der Waals surface area contributed by atoms with Gasteiger partial charge in [-0.1, -0.05) is 66.2 Å². The highest BCUT2D eigenvalue weighted by molar-refractivity contribution is 7.90. The third-order valence-electron chi connectivity index (χ3n) is 7.93. The maximum atomic E-state index is 13.7. The Bertz CT molecular complexity index is 2000. The van der Waals surface area contributed by atoms with Crippen molar-refractivity contribution in [2.45, 2.75) is 56.6 Å². The van der Waals surface area contributed by atoms with Gasteiger partial charge in [-0.05, 0) is 79.8 Å². The highest BCUT2D eigenvalue weighted by Crippen LogP contribution is 2.44. The summed E-state index contributed by atoms with van der Waals surface area (Å²) in [7, 11) is -3.99. The Balaban J connectivity index is 1.27. The molecule has 0 unspecified atom stereocenters. The summed E-state index contributed by atoms with van der Waals surface area (Å²) in [4.78, 5) is 31.3. The zero-order valence-corrected chi connectivity index (χ0v) is 26.9. The van der Waals surface area contributed by atoms with E-state index in [0.717, 1.165) is 31.8 Å². The van der Waals surface area contributed by atoms with Gasteiger partial charge in [-0.2, -0.15) is 0 Å². The number of pyridine rings is 1. The number of benzene rings is 3. The highest BCUT2D eigenvalue weighted by atomic mass is 32.2. The minimum Gasteiger partial charge on any atom is -0.458 e. The molecular formula is C36H35N3O6S. The normalized spacial score (nSPS) is 13.6. The van der Waals surface area contributed by atoms with Crippen LogP contribution in [0.15, 0.2) is 102 Å². The molecule has 0 saturated heterocycles. The lowest BCUT2D eigenvalue weighted by atomic mass is 9.98. The number of nitrogens with one attached hydrogen (secondary N) is 1. The summed E-state index contributed by atoms with van der Waals surface area (Å²) in [6, 6.07) is 24.7. The molecule has 2 aromatic heterocycles. The Morgan fingerprint density at radius 3 is 2.17 bits per heavy atom. The van der Waals surface area contributed by atoms with Gasteiger partial charge in [-0.15, -0.1) is 0 Å². The molecule has 1 aliphatic carbocycles. The van der Waals surface area contributed by atoms with Crippen LogP contribution in [-0.2, 0) is 30.7 Å². The number of fused-ring (bicyclic) bond motifs is 4. The average Bonchev–Trinajstić information content (AvgIpc) is 3.55. The molecule has 10 heteroatoms. The zero-order valence-electron chi connectivity index (χ0n) is 26.1. The average molecular weight is 638 g/mol. The number of nitrogens with zero attached hydrogens (tertiary/aromatic N) is 2. The number of hydrogen-bond acceptors (Lipinski definition) is 7. The number of ether oxygens (including phenoxy) is 2. The maximum absolute atomic E-state index is 13.7. The Morgan fingerprint density at radius 1 is 0.913 bits per heavy atom. The number of hydrogen-bond donors (Lipinski definition) is 1. The van der Waals surface area contributed by atoms with Crippen LogP contribution >= 0.6 is 0 Å². The van der Waals surface area contributed by atoms with Crippen LogP contribution in [0.2, 0.25) is 0 Å². The van der Waals surface area contributed by atoms with Crippen LogP contribution in [0.25, 0.3) is 22.2 Å². The van der Waals surface area contributed by atoms with Gasteiger partial charge in [0.25, 0.3) is 10.0 Å². The molecule has 0 saturated carbocycles. The molecule has 0 radical (unpaired) electrons. The molecule has 3 aromatic carbocycles. The lowest BCUT2D eigenvalue weighted by molar-refractivity contribution is -0.157. The van der Waals surface area contributed by atoms with E-state index in [2.05, 4.69) is 22.4 Å². The van der Waals surface area contributed by atoms with Crippen LogP contribution in [0.4, 0.5) is 4.79 Å². The first-order valence-corrected chi connectivity index (χ1v) is 16.5. The first kappa shape index (κ1) is 31.0. The standard InChI is InChI=1S/C36H35N3O6S/c1-23-15-17-25(18-16-23)46(42,43)39-21-24(33-32(39)14-9-19-37-33)20-31(34(40)45-36(2,3)4)38-35(41)44-22-30-28-12-7-5-10-26(28)27-11-6-8-13-29(27)30/h5-19,21,30-31H,20,22H2,1-4H3,(H,38,41)/t31-/m0/s1. The highest BCUT2D eigenvalue weighted by Gasteiger charge is 2.32. The van der Waals surface area contributed by atoms with Crippen molar-refractivity contribution in [2.75, 3.05) is 6.61 Å². The molecular weight excluding hydrogens is 602 g/mol. The van der Waals surface area contributed by atoms with Crippen LogP contribution in [0.5, 0.6) is 0 Å². The van der Waals surface area contributed by atoms with Crippen LogP contribution in [-0.4, -0.2) is 47.7 Å². The molecule has 1 amide bonds. The summed E-state index contributed by atoms with van der Waals surface area (Å²) in [6.45, 7) is 7.14. The molecule has 0 spiro atoms. The predicted molar refractivity (Wildman–Crippen MR) is 175 cm³/mol. The summed E-state index contributed by atoms with van der Waals surface area (Å²) in [5.41, 5.74) is 5.61. The number of amides is 1. The van der Waals surface area contributed by atoms with E-state index < -0.39 is 33.7 Å². The largest absolute Gasteiger partial charge is 0.458 e. The lowest BCUT2D eigenvalue weighted by Gasteiger charge is -2.24. The Morgan fingerprint density at radius 2 is 1.54 bits per heavy atom. The SMILES string of the molecule is Cc1ccc(S(=O)(=O)n2cc(C[C@H](NC(=O)OCC3c4ccccc4-c4ccccc43)C(=O)OC(C)(C)C)c3ncccc32)cc1. The summed E-state index contributed by atoms with van der Waals surface area (Å²) in [5, 5.41) is 2.69. The van der Waals surface area contributed by atoms with Gasteiger partial charge in [0.05, 0.1) is 15.9 Å². The van der Waals surface area contributed by atoms with E-state index in [4.69, 9.17) is 9.47 Å². The molecule has 236 valence electrons. The molecule has 1 N–H and O–H groups in total. The fourth-order valence-corrected chi connectivity index (χ4v) is 7.21. The Kier molecular flexibility index (Phi) is 8.16. The topological polar surface area (TPSA) is 117 Å². The third-order valence-corrected chi connectivity index (χ3v) is 9.62. The number of esters is 1. The number of alkyl carbamates (subject to hydrolysis) is 1. The van der Waals surface area contributed by atoms with Gasteiger partial charge in [0.1, 0.15) is 18.2 Å². The van der Waals surface area contributed by atoms with Crippen molar-refractivity contribution in [1.29, 1.82) is 0 Å². The zero-order chi connectivity index (χ0) is 32.6. The van der Waals surface area contributed by atoms with Crippen molar-refractivity contribution in [3.8, 4) is 11.1 Å². The van der Waals surface area contributed by atoms with E-state index in [1.807, 2.05) is 43.3 Å². The second kappa shape index (κ2) is 12.1. The summed E-state index contributed by atoms with van der Waals surface area (Å²) in [6.07, 6.45) is 2.13. The fraction of sp³-hybridized carbons (Fsp3) is 0.250. The van der Waals surface area contributed by atoms with E-state index >= 15 is 0 Å². The summed E-state index contributed by atoms with van der Waals surface area (Å²) >= 11 is 0. The molecule has 1 aliphatic rings. The van der Waals surface area contributed by atoms with Crippen LogP contribution in [0, 0.1) is 6.92 Å². The van der Waals surface area contributed by atoms with Crippen molar-refractivity contribution < 1.29 is 27.5 Å². The van der Waals surface area contributed by atoms with Gasteiger partial charge in [0.15, 0.2) is 0 Å². The minimum atomic E-state index is -3.99. The fourth-order valence-electron chi connectivity index (χ4n) is 5.83. The van der Waals surface area contributed by atoms with E-state index in [0.29, 0.717) is 16.6 Å². The number of carbonyl (C=O) groups excluding carboxylic acids is 2. The maximum Gasteiger partial charge on any atom is 0.407 e. The summed E-state index contributed by atoms with van der Waals surface area (Å²) in [5.74, 6) is -0.841. The number of rotatable bonds is 8. The Labute approximate surface area is 268 Å². The minimum absolute atomic E-state index is 0.0660. The third kappa shape index (κ3) is 6.12. The van der Waals surface area contributed by atoms with Crippen molar-refractivity contribution in [2.24, 2.45) is 0 Å². The molecule has 5 aromatic rings. The van der Waals surface area contributed by atoms with Crippen molar-refractivity contribution in [3.63, 3.8) is 0 Å². The molecule has 0 fully saturated rings. The molecule has 9 nitrogen and oxygen atoms in total. The van der Waals surface area contributed by atoms with E-state index in [1.54, 1.807) is 63.4 Å². The van der Waals surface area contributed by atoms with Gasteiger partial charge in [0.2, 0.25) is 0 Å². The van der Waals surface area contributed by atoms with Gasteiger partial charge < -0.3 is 14.8 Å². The van der Waals surface area contributed by atoms with Crippen LogP contribution in [0.1, 0.15) is 48.9 Å². The number of carbonyl (C=O) groups is 2. The molecule has 6 rings (SSSR count). The smallest absolute Gasteiger partial charge is 0.407 e. The van der Waals surface area contributed by atoms with Gasteiger partial charge in [0, 0.05) is 24.7 Å². The van der Waals surface area contributed by atoms with Crippen LogP contribution < -0.4 is 5.32 Å². The quantitative estimate of drug-likeness (QED) is 0.197.